The topological polar surface area (TPSA) is 66.1 Å². The maximum Gasteiger partial charge on any atom is 0.274 e. The molecular formula is C15H17N3O2. The molecule has 0 aliphatic carbocycles. The normalized spacial score (nSPS) is 22.4. The molecule has 1 aromatic heterocycles. The number of carbonyl (C=O) groups excluding carboxylic acids is 1. The van der Waals surface area contributed by atoms with E-state index in [4.69, 9.17) is 0 Å². The maximum absolute atomic E-state index is 12.6. The fourth-order valence-electron chi connectivity index (χ4n) is 2.72. The lowest BCUT2D eigenvalue weighted by atomic mass is 10.0. The van der Waals surface area contributed by atoms with Crippen molar-refractivity contribution in [1.82, 2.24) is 15.1 Å². The molecule has 1 saturated heterocycles. The van der Waals surface area contributed by atoms with E-state index in [1.54, 1.807) is 18.2 Å². The largest absolute Gasteiger partial charge is 0.337 e. The first-order valence-corrected chi connectivity index (χ1v) is 6.84. The summed E-state index contributed by atoms with van der Waals surface area (Å²) in [6.45, 7) is 5.79. The number of hydrogen-bond donors (Lipinski definition) is 1. The molecule has 5 heteroatoms. The Morgan fingerprint density at radius 2 is 1.80 bits per heavy atom. The van der Waals surface area contributed by atoms with Gasteiger partial charge in [-0.15, -0.1) is 0 Å². The molecule has 2 heterocycles. The molecule has 1 aromatic carbocycles. The van der Waals surface area contributed by atoms with E-state index in [1.165, 1.54) is 0 Å². The molecule has 1 fully saturated rings. The highest BCUT2D eigenvalue weighted by Gasteiger charge is 2.31. The Balaban J connectivity index is 2.05. The highest BCUT2D eigenvalue weighted by Crippen LogP contribution is 2.24. The zero-order valence-electron chi connectivity index (χ0n) is 11.6. The van der Waals surface area contributed by atoms with E-state index in [0.29, 0.717) is 28.3 Å². The summed E-state index contributed by atoms with van der Waals surface area (Å²) in [6, 6.07) is 7.08. The zero-order valence-corrected chi connectivity index (χ0v) is 11.6. The van der Waals surface area contributed by atoms with Crippen LogP contribution in [0, 0.1) is 11.8 Å². The van der Waals surface area contributed by atoms with Crippen LogP contribution in [-0.2, 0) is 0 Å². The Labute approximate surface area is 116 Å². The van der Waals surface area contributed by atoms with Crippen LogP contribution in [0.2, 0.25) is 0 Å². The average molecular weight is 271 g/mol. The van der Waals surface area contributed by atoms with Gasteiger partial charge in [0, 0.05) is 18.5 Å². The molecule has 0 saturated carbocycles. The minimum absolute atomic E-state index is 0.103. The van der Waals surface area contributed by atoms with Crippen molar-refractivity contribution in [3.8, 4) is 0 Å². The van der Waals surface area contributed by atoms with Crippen LogP contribution in [0.3, 0.4) is 0 Å². The van der Waals surface area contributed by atoms with E-state index >= 15 is 0 Å². The first kappa shape index (κ1) is 12.8. The molecule has 2 atom stereocenters. The average Bonchev–Trinajstić information content (AvgIpc) is 2.79. The molecule has 2 unspecified atom stereocenters. The van der Waals surface area contributed by atoms with Crippen LogP contribution in [0.15, 0.2) is 29.1 Å². The standard InChI is InChI=1S/C15H17N3O2/c1-9-7-18(8-10(9)2)15(20)13-11-5-3-4-6-12(11)14(19)17-16-13/h3-6,9-10H,7-8H2,1-2H3,(H,17,19). The lowest BCUT2D eigenvalue weighted by molar-refractivity contribution is 0.0780. The minimum atomic E-state index is -0.264. The molecule has 2 aromatic rings. The summed E-state index contributed by atoms with van der Waals surface area (Å²) in [6.07, 6.45) is 0. The van der Waals surface area contributed by atoms with Gasteiger partial charge in [-0.05, 0) is 17.9 Å². The van der Waals surface area contributed by atoms with Crippen LogP contribution < -0.4 is 5.56 Å². The molecule has 0 spiro atoms. The van der Waals surface area contributed by atoms with Gasteiger partial charge >= 0.3 is 0 Å². The lowest BCUT2D eigenvalue weighted by Crippen LogP contribution is -2.31. The predicted octanol–water partition coefficient (Wildman–Crippen LogP) is 1.65. The summed E-state index contributed by atoms with van der Waals surface area (Å²) in [5.74, 6) is 0.884. The number of likely N-dealkylation sites (tertiary alicyclic amines) is 1. The zero-order chi connectivity index (χ0) is 14.3. The second-order valence-electron chi connectivity index (χ2n) is 5.61. The number of benzene rings is 1. The molecule has 20 heavy (non-hydrogen) atoms. The summed E-state index contributed by atoms with van der Waals surface area (Å²) in [7, 11) is 0. The quantitative estimate of drug-likeness (QED) is 0.857. The van der Waals surface area contributed by atoms with Gasteiger partial charge in [0.2, 0.25) is 0 Å². The number of amides is 1. The van der Waals surface area contributed by atoms with Crippen molar-refractivity contribution < 1.29 is 4.79 Å². The summed E-state index contributed by atoms with van der Waals surface area (Å²) in [5, 5.41) is 7.51. The number of H-pyrrole nitrogens is 1. The monoisotopic (exact) mass is 271 g/mol. The third-order valence-corrected chi connectivity index (χ3v) is 4.17. The van der Waals surface area contributed by atoms with Gasteiger partial charge in [0.15, 0.2) is 5.69 Å². The Morgan fingerprint density at radius 3 is 2.45 bits per heavy atom. The molecule has 5 nitrogen and oxygen atoms in total. The molecule has 1 aliphatic heterocycles. The van der Waals surface area contributed by atoms with E-state index in [-0.39, 0.29) is 11.5 Å². The number of hydrogen-bond acceptors (Lipinski definition) is 3. The Kier molecular flexibility index (Phi) is 3.04. The Bertz CT molecular complexity index is 712. The van der Waals surface area contributed by atoms with Crippen molar-refractivity contribution in [3.05, 3.63) is 40.3 Å². The Hall–Kier alpha value is -2.17. The summed E-state index contributed by atoms with van der Waals surface area (Å²) < 4.78 is 0. The van der Waals surface area contributed by atoms with Gasteiger partial charge in [-0.3, -0.25) is 9.59 Å². The van der Waals surface area contributed by atoms with Crippen molar-refractivity contribution >= 4 is 16.7 Å². The van der Waals surface area contributed by atoms with E-state index in [0.717, 1.165) is 13.1 Å². The highest BCUT2D eigenvalue weighted by atomic mass is 16.2. The number of carbonyl (C=O) groups is 1. The summed E-state index contributed by atoms with van der Waals surface area (Å²) in [4.78, 5) is 26.2. The SMILES string of the molecule is CC1CN(C(=O)c2n[nH]c(=O)c3ccccc23)CC1C. The van der Waals surface area contributed by atoms with Crippen LogP contribution >= 0.6 is 0 Å². The van der Waals surface area contributed by atoms with Crippen LogP contribution in [0.5, 0.6) is 0 Å². The fraction of sp³-hybridized carbons (Fsp3) is 0.400. The van der Waals surface area contributed by atoms with Crippen LogP contribution in [0.4, 0.5) is 0 Å². The number of nitrogens with one attached hydrogen (secondary N) is 1. The van der Waals surface area contributed by atoms with Crippen LogP contribution in [-0.4, -0.2) is 34.1 Å². The van der Waals surface area contributed by atoms with E-state index in [2.05, 4.69) is 24.0 Å². The van der Waals surface area contributed by atoms with E-state index in [1.807, 2.05) is 11.0 Å². The minimum Gasteiger partial charge on any atom is -0.337 e. The fourth-order valence-corrected chi connectivity index (χ4v) is 2.72. The summed E-state index contributed by atoms with van der Waals surface area (Å²) >= 11 is 0. The first-order chi connectivity index (χ1) is 9.58. The van der Waals surface area contributed by atoms with Gasteiger partial charge in [-0.2, -0.15) is 5.10 Å². The molecular weight excluding hydrogens is 254 g/mol. The van der Waals surface area contributed by atoms with Gasteiger partial charge in [0.25, 0.3) is 11.5 Å². The van der Waals surface area contributed by atoms with Crippen LogP contribution in [0.25, 0.3) is 10.8 Å². The third kappa shape index (κ3) is 1.99. The molecule has 1 aliphatic rings. The molecule has 0 bridgehead atoms. The van der Waals surface area contributed by atoms with E-state index < -0.39 is 0 Å². The molecule has 0 radical (unpaired) electrons. The van der Waals surface area contributed by atoms with Gasteiger partial charge in [-0.25, -0.2) is 5.10 Å². The predicted molar refractivity (Wildman–Crippen MR) is 76.6 cm³/mol. The Morgan fingerprint density at radius 1 is 1.20 bits per heavy atom. The number of rotatable bonds is 1. The van der Waals surface area contributed by atoms with Gasteiger partial charge in [0.05, 0.1) is 5.39 Å². The molecule has 1 amide bonds. The second kappa shape index (κ2) is 4.74. The highest BCUT2D eigenvalue weighted by molar-refractivity contribution is 6.04. The first-order valence-electron chi connectivity index (χ1n) is 6.84. The lowest BCUT2D eigenvalue weighted by Gasteiger charge is -2.16. The maximum atomic E-state index is 12.6. The summed E-state index contributed by atoms with van der Waals surface area (Å²) in [5.41, 5.74) is 0.0711. The van der Waals surface area contributed by atoms with Gasteiger partial charge < -0.3 is 4.90 Å². The number of aromatic amines is 1. The number of aromatic nitrogens is 2. The molecule has 3 rings (SSSR count). The number of fused-ring (bicyclic) bond motifs is 1. The third-order valence-electron chi connectivity index (χ3n) is 4.17. The van der Waals surface area contributed by atoms with Gasteiger partial charge in [-0.1, -0.05) is 32.0 Å². The second-order valence-corrected chi connectivity index (χ2v) is 5.61. The van der Waals surface area contributed by atoms with Crippen molar-refractivity contribution in [1.29, 1.82) is 0 Å². The van der Waals surface area contributed by atoms with E-state index in [9.17, 15) is 9.59 Å². The van der Waals surface area contributed by atoms with Crippen molar-refractivity contribution in [3.63, 3.8) is 0 Å². The van der Waals surface area contributed by atoms with Crippen molar-refractivity contribution in [2.45, 2.75) is 13.8 Å². The van der Waals surface area contributed by atoms with Crippen molar-refractivity contribution in [2.75, 3.05) is 13.1 Å². The van der Waals surface area contributed by atoms with Gasteiger partial charge in [0.1, 0.15) is 0 Å². The molecule has 1 N–H and O–H groups in total. The number of nitrogens with zero attached hydrogens (tertiary/aromatic N) is 2. The van der Waals surface area contributed by atoms with Crippen molar-refractivity contribution in [2.24, 2.45) is 11.8 Å². The molecule has 104 valence electrons. The van der Waals surface area contributed by atoms with Crippen LogP contribution in [0.1, 0.15) is 24.3 Å². The smallest absolute Gasteiger partial charge is 0.274 e.